The third kappa shape index (κ3) is 3.36. The summed E-state index contributed by atoms with van der Waals surface area (Å²) in [6.45, 7) is 0.0234. The maximum atomic E-state index is 9.53. The molecule has 2 rings (SSSR count). The Balaban J connectivity index is 2.39. The van der Waals surface area contributed by atoms with Gasteiger partial charge in [0.25, 0.3) is 0 Å². The standard InChI is InChI=1S/C16H15ClN2O/c17-16-10-13(6-8-19-16)14(7-9-20)15(11-18)12-4-2-1-3-5-12/h1-6,8,10,14-15,20H,7,9H2/t14-,15+/m0/s1. The average Bonchev–Trinajstić information content (AvgIpc) is 2.48. The molecule has 0 bridgehead atoms. The Morgan fingerprint density at radius 3 is 2.55 bits per heavy atom. The first-order chi connectivity index (χ1) is 9.76. The summed E-state index contributed by atoms with van der Waals surface area (Å²) in [4.78, 5) is 3.96. The molecule has 0 aliphatic heterocycles. The van der Waals surface area contributed by atoms with Gasteiger partial charge in [0.15, 0.2) is 0 Å². The van der Waals surface area contributed by atoms with Crippen LogP contribution in [0.1, 0.15) is 29.4 Å². The summed E-state index contributed by atoms with van der Waals surface area (Å²) in [6, 6.07) is 15.6. The minimum absolute atomic E-state index is 0.0234. The van der Waals surface area contributed by atoms with Crippen LogP contribution < -0.4 is 0 Å². The van der Waals surface area contributed by atoms with Gasteiger partial charge in [-0.1, -0.05) is 41.9 Å². The van der Waals surface area contributed by atoms with Gasteiger partial charge in [0, 0.05) is 18.7 Å². The van der Waals surface area contributed by atoms with Crippen LogP contribution in [0.5, 0.6) is 0 Å². The second-order valence-corrected chi connectivity index (χ2v) is 4.94. The number of nitriles is 1. The lowest BCUT2D eigenvalue weighted by molar-refractivity contribution is 0.272. The summed E-state index contributed by atoms with van der Waals surface area (Å²) in [5.41, 5.74) is 1.87. The molecule has 2 atom stereocenters. The van der Waals surface area contributed by atoms with Gasteiger partial charge < -0.3 is 5.11 Å². The fraction of sp³-hybridized carbons (Fsp3) is 0.250. The van der Waals surface area contributed by atoms with Crippen LogP contribution in [0.4, 0.5) is 0 Å². The Morgan fingerprint density at radius 2 is 1.95 bits per heavy atom. The molecule has 1 N–H and O–H groups in total. The van der Waals surface area contributed by atoms with Crippen molar-refractivity contribution in [1.29, 1.82) is 5.26 Å². The number of halogens is 1. The van der Waals surface area contributed by atoms with E-state index in [2.05, 4.69) is 11.1 Å². The number of nitrogens with zero attached hydrogens (tertiary/aromatic N) is 2. The van der Waals surface area contributed by atoms with Gasteiger partial charge in [0.05, 0.1) is 12.0 Å². The van der Waals surface area contributed by atoms with E-state index in [0.29, 0.717) is 11.6 Å². The van der Waals surface area contributed by atoms with Crippen LogP contribution in [0.2, 0.25) is 5.15 Å². The van der Waals surface area contributed by atoms with Crippen molar-refractivity contribution in [1.82, 2.24) is 4.98 Å². The van der Waals surface area contributed by atoms with E-state index in [4.69, 9.17) is 11.6 Å². The second kappa shape index (κ2) is 7.04. The van der Waals surface area contributed by atoms with Crippen molar-refractivity contribution in [3.63, 3.8) is 0 Å². The molecule has 102 valence electrons. The van der Waals surface area contributed by atoms with Crippen molar-refractivity contribution in [3.05, 3.63) is 64.9 Å². The van der Waals surface area contributed by atoms with E-state index < -0.39 is 0 Å². The van der Waals surface area contributed by atoms with Crippen LogP contribution in [0.3, 0.4) is 0 Å². The summed E-state index contributed by atoms with van der Waals surface area (Å²) in [6.07, 6.45) is 2.13. The number of aromatic nitrogens is 1. The largest absolute Gasteiger partial charge is 0.396 e. The lowest BCUT2D eigenvalue weighted by Gasteiger charge is -2.22. The van der Waals surface area contributed by atoms with E-state index >= 15 is 0 Å². The van der Waals surface area contributed by atoms with Crippen molar-refractivity contribution in [2.45, 2.75) is 18.3 Å². The first-order valence-electron chi connectivity index (χ1n) is 6.43. The molecule has 0 fully saturated rings. The summed E-state index contributed by atoms with van der Waals surface area (Å²) in [7, 11) is 0. The van der Waals surface area contributed by atoms with Crippen molar-refractivity contribution in [3.8, 4) is 6.07 Å². The molecule has 0 spiro atoms. The zero-order valence-corrected chi connectivity index (χ0v) is 11.7. The lowest BCUT2D eigenvalue weighted by atomic mass is 9.81. The van der Waals surface area contributed by atoms with E-state index in [1.54, 1.807) is 12.3 Å². The SMILES string of the molecule is N#C[C@H](c1ccccc1)[C@@H](CCO)c1ccnc(Cl)c1. The van der Waals surface area contributed by atoms with Crippen LogP contribution in [-0.2, 0) is 0 Å². The van der Waals surface area contributed by atoms with Crippen LogP contribution in [0, 0.1) is 11.3 Å². The monoisotopic (exact) mass is 286 g/mol. The number of aliphatic hydroxyl groups is 1. The maximum absolute atomic E-state index is 9.53. The van der Waals surface area contributed by atoms with Crippen molar-refractivity contribution < 1.29 is 5.11 Å². The fourth-order valence-electron chi connectivity index (χ4n) is 2.37. The molecule has 4 heteroatoms. The van der Waals surface area contributed by atoms with Gasteiger partial charge in [-0.15, -0.1) is 0 Å². The smallest absolute Gasteiger partial charge is 0.129 e. The van der Waals surface area contributed by atoms with Crippen molar-refractivity contribution >= 4 is 11.6 Å². The molecule has 0 aliphatic carbocycles. The van der Waals surface area contributed by atoms with Crippen LogP contribution in [-0.4, -0.2) is 16.7 Å². The third-order valence-electron chi connectivity index (χ3n) is 3.32. The normalized spacial score (nSPS) is 13.4. The Hall–Kier alpha value is -1.89. The second-order valence-electron chi connectivity index (χ2n) is 4.55. The number of pyridine rings is 1. The summed E-state index contributed by atoms with van der Waals surface area (Å²) in [5.74, 6) is -0.422. The van der Waals surface area contributed by atoms with Crippen LogP contribution in [0.25, 0.3) is 0 Å². The molecular formula is C16H15ClN2O. The minimum Gasteiger partial charge on any atom is -0.396 e. The molecule has 0 amide bonds. The van der Waals surface area contributed by atoms with Gasteiger partial charge in [-0.2, -0.15) is 5.26 Å². The van der Waals surface area contributed by atoms with Gasteiger partial charge >= 0.3 is 0 Å². The van der Waals surface area contributed by atoms with E-state index in [1.165, 1.54) is 0 Å². The van der Waals surface area contributed by atoms with E-state index in [-0.39, 0.29) is 18.4 Å². The van der Waals surface area contributed by atoms with E-state index in [0.717, 1.165) is 11.1 Å². The molecule has 0 saturated heterocycles. The maximum Gasteiger partial charge on any atom is 0.129 e. The Morgan fingerprint density at radius 1 is 1.20 bits per heavy atom. The fourth-order valence-corrected chi connectivity index (χ4v) is 2.55. The molecule has 0 radical (unpaired) electrons. The van der Waals surface area contributed by atoms with Crippen LogP contribution in [0.15, 0.2) is 48.7 Å². The third-order valence-corrected chi connectivity index (χ3v) is 3.53. The van der Waals surface area contributed by atoms with Gasteiger partial charge in [-0.25, -0.2) is 4.98 Å². The van der Waals surface area contributed by atoms with Crippen molar-refractivity contribution in [2.75, 3.05) is 6.61 Å². The van der Waals surface area contributed by atoms with Gasteiger partial charge in [0.2, 0.25) is 0 Å². The topological polar surface area (TPSA) is 56.9 Å². The Labute approximate surface area is 123 Å². The van der Waals surface area contributed by atoms with Gasteiger partial charge in [0.1, 0.15) is 5.15 Å². The number of hydrogen-bond donors (Lipinski definition) is 1. The zero-order chi connectivity index (χ0) is 14.4. The number of hydrogen-bond acceptors (Lipinski definition) is 3. The van der Waals surface area contributed by atoms with Crippen molar-refractivity contribution in [2.24, 2.45) is 0 Å². The Kier molecular flexibility index (Phi) is 5.11. The first-order valence-corrected chi connectivity index (χ1v) is 6.81. The highest BCUT2D eigenvalue weighted by Gasteiger charge is 2.24. The quantitative estimate of drug-likeness (QED) is 0.856. The minimum atomic E-state index is -0.318. The molecule has 2 aromatic rings. The molecule has 20 heavy (non-hydrogen) atoms. The summed E-state index contributed by atoms with van der Waals surface area (Å²) >= 11 is 5.93. The molecule has 0 unspecified atom stereocenters. The number of rotatable bonds is 5. The highest BCUT2D eigenvalue weighted by Crippen LogP contribution is 2.35. The summed E-state index contributed by atoms with van der Waals surface area (Å²) < 4.78 is 0. The van der Waals surface area contributed by atoms with Gasteiger partial charge in [-0.05, 0) is 29.7 Å². The predicted octanol–water partition coefficient (Wildman–Crippen LogP) is 3.51. The predicted molar refractivity (Wildman–Crippen MR) is 78.5 cm³/mol. The highest BCUT2D eigenvalue weighted by atomic mass is 35.5. The Bertz CT molecular complexity index is 595. The summed E-state index contributed by atoms with van der Waals surface area (Å²) in [5, 5.41) is 19.2. The molecule has 1 aromatic heterocycles. The van der Waals surface area contributed by atoms with E-state index in [1.807, 2.05) is 36.4 Å². The average molecular weight is 287 g/mol. The molecular weight excluding hydrogens is 272 g/mol. The molecule has 0 aliphatic rings. The van der Waals surface area contributed by atoms with Gasteiger partial charge in [-0.3, -0.25) is 0 Å². The number of aliphatic hydroxyl groups excluding tert-OH is 1. The molecule has 1 aromatic carbocycles. The molecule has 1 heterocycles. The van der Waals surface area contributed by atoms with E-state index in [9.17, 15) is 10.4 Å². The lowest BCUT2D eigenvalue weighted by Crippen LogP contribution is -2.12. The molecule has 3 nitrogen and oxygen atoms in total. The van der Waals surface area contributed by atoms with Crippen LogP contribution >= 0.6 is 11.6 Å². The first kappa shape index (κ1) is 14.5. The highest BCUT2D eigenvalue weighted by molar-refractivity contribution is 6.29. The number of benzene rings is 1. The zero-order valence-electron chi connectivity index (χ0n) is 10.9. The molecule has 0 saturated carbocycles.